The average molecular weight is 240 g/mol. The van der Waals surface area contributed by atoms with Crippen LogP contribution in [0.2, 0.25) is 0 Å². The summed E-state index contributed by atoms with van der Waals surface area (Å²) in [7, 11) is 0. The van der Waals surface area contributed by atoms with Crippen LogP contribution in [0.3, 0.4) is 0 Å². The van der Waals surface area contributed by atoms with Crippen molar-refractivity contribution in [3.63, 3.8) is 0 Å². The molecule has 96 valence electrons. The van der Waals surface area contributed by atoms with E-state index in [4.69, 9.17) is 0 Å². The highest BCUT2D eigenvalue weighted by Gasteiger charge is 2.26. The van der Waals surface area contributed by atoms with Crippen LogP contribution in [0.25, 0.3) is 0 Å². The van der Waals surface area contributed by atoms with E-state index in [1.54, 1.807) is 4.90 Å². The summed E-state index contributed by atoms with van der Waals surface area (Å²) in [6, 6.07) is 0. The molecule has 2 fully saturated rings. The van der Waals surface area contributed by atoms with Crippen molar-refractivity contribution in [1.29, 1.82) is 0 Å². The topological polar surface area (TPSA) is 60.9 Å². The number of hydrogen-bond acceptors (Lipinski definition) is 4. The second-order valence-corrected chi connectivity index (χ2v) is 4.96. The third kappa shape index (κ3) is 3.51. The highest BCUT2D eigenvalue weighted by atomic mass is 16.3. The summed E-state index contributed by atoms with van der Waals surface area (Å²) in [5.41, 5.74) is 0. The first-order valence-corrected chi connectivity index (χ1v) is 6.35. The number of piperidine rings is 1. The first-order valence-electron chi connectivity index (χ1n) is 6.35. The molecular formula is C12H20N2O3. The summed E-state index contributed by atoms with van der Waals surface area (Å²) in [6.45, 7) is 3.81. The molecule has 1 N–H and O–H groups in total. The van der Waals surface area contributed by atoms with Gasteiger partial charge < -0.3 is 14.9 Å². The van der Waals surface area contributed by atoms with E-state index < -0.39 is 0 Å². The zero-order valence-corrected chi connectivity index (χ0v) is 10.1. The van der Waals surface area contributed by atoms with E-state index in [2.05, 4.69) is 4.90 Å². The molecule has 2 aliphatic heterocycles. The molecule has 0 aromatic carbocycles. The molecule has 17 heavy (non-hydrogen) atoms. The third-order valence-electron chi connectivity index (χ3n) is 3.53. The van der Waals surface area contributed by atoms with Gasteiger partial charge in [-0.3, -0.25) is 9.59 Å². The van der Waals surface area contributed by atoms with Gasteiger partial charge in [-0.25, -0.2) is 0 Å². The number of nitrogens with zero attached hydrogens (tertiary/aromatic N) is 2. The second-order valence-electron chi connectivity index (χ2n) is 4.96. The molecule has 0 aliphatic carbocycles. The molecule has 5 heteroatoms. The fraction of sp³-hybridized carbons (Fsp3) is 0.833. The number of carbonyl (C=O) groups is 2. The molecule has 0 saturated carbocycles. The van der Waals surface area contributed by atoms with Crippen LogP contribution >= 0.6 is 0 Å². The molecule has 0 radical (unpaired) electrons. The predicted molar refractivity (Wildman–Crippen MR) is 62.5 cm³/mol. The van der Waals surface area contributed by atoms with Gasteiger partial charge in [0.15, 0.2) is 5.78 Å². The molecule has 0 aromatic heterocycles. The van der Waals surface area contributed by atoms with Crippen LogP contribution in [0.15, 0.2) is 0 Å². The summed E-state index contributed by atoms with van der Waals surface area (Å²) in [6.07, 6.45) is 2.57. The fourth-order valence-corrected chi connectivity index (χ4v) is 2.47. The largest absolute Gasteiger partial charge is 0.393 e. The lowest BCUT2D eigenvalue weighted by Crippen LogP contribution is -2.37. The molecule has 2 aliphatic rings. The summed E-state index contributed by atoms with van der Waals surface area (Å²) in [4.78, 5) is 26.4. The Kier molecular flexibility index (Phi) is 4.12. The first-order chi connectivity index (χ1) is 8.15. The van der Waals surface area contributed by atoms with Gasteiger partial charge in [-0.05, 0) is 25.8 Å². The summed E-state index contributed by atoms with van der Waals surface area (Å²) in [5, 5.41) is 9.37. The van der Waals surface area contributed by atoms with Crippen molar-refractivity contribution in [2.45, 2.75) is 31.8 Å². The number of likely N-dealkylation sites (tertiary alicyclic amines) is 2. The lowest BCUT2D eigenvalue weighted by molar-refractivity contribution is -0.127. The van der Waals surface area contributed by atoms with Crippen molar-refractivity contribution in [2.75, 3.05) is 32.7 Å². The first kappa shape index (κ1) is 12.5. The number of amides is 1. The van der Waals surface area contributed by atoms with Gasteiger partial charge in [-0.1, -0.05) is 0 Å². The number of aliphatic hydroxyl groups is 1. The third-order valence-corrected chi connectivity index (χ3v) is 3.53. The molecule has 0 aromatic rings. The number of carbonyl (C=O) groups excluding carboxylic acids is 2. The van der Waals surface area contributed by atoms with Crippen LogP contribution < -0.4 is 0 Å². The van der Waals surface area contributed by atoms with Crippen LogP contribution in [0, 0.1) is 0 Å². The Morgan fingerprint density at radius 2 is 1.88 bits per heavy atom. The number of Topliss-reactive ketones (excluding diaryl/α,β-unsaturated/α-hetero) is 1. The van der Waals surface area contributed by atoms with Crippen molar-refractivity contribution in [2.24, 2.45) is 0 Å². The Morgan fingerprint density at radius 1 is 1.18 bits per heavy atom. The van der Waals surface area contributed by atoms with Gasteiger partial charge >= 0.3 is 0 Å². The predicted octanol–water partition coefficient (Wildman–Crippen LogP) is -0.365. The lowest BCUT2D eigenvalue weighted by atomic mass is 10.1. The Bertz CT molecular complexity index is 298. The van der Waals surface area contributed by atoms with Crippen LogP contribution in [0.4, 0.5) is 0 Å². The van der Waals surface area contributed by atoms with E-state index in [0.29, 0.717) is 13.1 Å². The highest BCUT2D eigenvalue weighted by Crippen LogP contribution is 2.11. The molecule has 2 heterocycles. The van der Waals surface area contributed by atoms with Gasteiger partial charge in [0.1, 0.15) is 0 Å². The van der Waals surface area contributed by atoms with E-state index in [9.17, 15) is 14.7 Å². The Labute approximate surface area is 101 Å². The smallest absolute Gasteiger partial charge is 0.230 e. The molecule has 2 rings (SSSR count). The van der Waals surface area contributed by atoms with Crippen molar-refractivity contribution in [1.82, 2.24) is 9.80 Å². The van der Waals surface area contributed by atoms with E-state index in [1.807, 2.05) is 0 Å². The number of hydrogen-bond donors (Lipinski definition) is 1. The van der Waals surface area contributed by atoms with Gasteiger partial charge in [0.25, 0.3) is 0 Å². The Balaban J connectivity index is 1.63. The molecular weight excluding hydrogens is 220 g/mol. The van der Waals surface area contributed by atoms with E-state index in [0.717, 1.165) is 38.9 Å². The minimum Gasteiger partial charge on any atom is -0.393 e. The normalized spacial score (nSPS) is 23.7. The standard InChI is InChI=1S/C12H20N2O3/c15-10-2-6-13(7-3-10)4-1-5-14-9-11(16)8-12(14)17/h10,15H,1-9H2. The highest BCUT2D eigenvalue weighted by molar-refractivity contribution is 6.05. The van der Waals surface area contributed by atoms with Crippen molar-refractivity contribution in [3.05, 3.63) is 0 Å². The molecule has 0 spiro atoms. The van der Waals surface area contributed by atoms with Crippen molar-refractivity contribution >= 4 is 11.7 Å². The van der Waals surface area contributed by atoms with Crippen LogP contribution in [-0.4, -0.2) is 65.4 Å². The number of aliphatic hydroxyl groups excluding tert-OH is 1. The zero-order valence-electron chi connectivity index (χ0n) is 10.1. The van der Waals surface area contributed by atoms with E-state index in [1.165, 1.54) is 0 Å². The average Bonchev–Trinajstić information content (AvgIpc) is 2.60. The molecule has 0 atom stereocenters. The van der Waals surface area contributed by atoms with Gasteiger partial charge in [-0.15, -0.1) is 0 Å². The summed E-state index contributed by atoms with van der Waals surface area (Å²) < 4.78 is 0. The number of ketones is 1. The Morgan fingerprint density at radius 3 is 2.47 bits per heavy atom. The lowest BCUT2D eigenvalue weighted by Gasteiger charge is -2.29. The minimum absolute atomic E-state index is 0.0240. The van der Waals surface area contributed by atoms with Crippen molar-refractivity contribution < 1.29 is 14.7 Å². The van der Waals surface area contributed by atoms with Gasteiger partial charge in [0.2, 0.25) is 5.91 Å². The van der Waals surface area contributed by atoms with Crippen LogP contribution in [0.1, 0.15) is 25.7 Å². The van der Waals surface area contributed by atoms with Gasteiger partial charge in [0.05, 0.1) is 19.1 Å². The molecule has 0 unspecified atom stereocenters. The van der Waals surface area contributed by atoms with Crippen LogP contribution in [0.5, 0.6) is 0 Å². The van der Waals surface area contributed by atoms with Crippen molar-refractivity contribution in [3.8, 4) is 0 Å². The maximum absolute atomic E-state index is 11.4. The SMILES string of the molecule is O=C1CC(=O)N(CCCN2CCC(O)CC2)C1. The molecule has 2 saturated heterocycles. The zero-order chi connectivity index (χ0) is 12.3. The second kappa shape index (κ2) is 5.60. The van der Waals surface area contributed by atoms with Gasteiger partial charge in [0, 0.05) is 19.6 Å². The quantitative estimate of drug-likeness (QED) is 0.681. The minimum atomic E-state index is -0.135. The molecule has 1 amide bonds. The van der Waals surface area contributed by atoms with Crippen LogP contribution in [-0.2, 0) is 9.59 Å². The maximum atomic E-state index is 11.4. The number of rotatable bonds is 4. The van der Waals surface area contributed by atoms with Gasteiger partial charge in [-0.2, -0.15) is 0 Å². The molecule has 5 nitrogen and oxygen atoms in total. The van der Waals surface area contributed by atoms with E-state index in [-0.39, 0.29) is 24.2 Å². The summed E-state index contributed by atoms with van der Waals surface area (Å²) >= 11 is 0. The Hall–Kier alpha value is -0.940. The summed E-state index contributed by atoms with van der Waals surface area (Å²) in [5.74, 6) is 0.0140. The molecule has 0 bridgehead atoms. The fourth-order valence-electron chi connectivity index (χ4n) is 2.47. The maximum Gasteiger partial charge on any atom is 0.230 e. The van der Waals surface area contributed by atoms with E-state index >= 15 is 0 Å². The monoisotopic (exact) mass is 240 g/mol.